The van der Waals surface area contributed by atoms with E-state index in [-0.39, 0.29) is 0 Å². The fraction of sp³-hybridized carbons (Fsp3) is 0.500. The van der Waals surface area contributed by atoms with Crippen LogP contribution in [0.1, 0.15) is 18.4 Å². The molecule has 3 rings (SSSR count). The number of hydrogen-bond acceptors (Lipinski definition) is 3. The van der Waals surface area contributed by atoms with Gasteiger partial charge in [-0.2, -0.15) is 5.10 Å². The van der Waals surface area contributed by atoms with Crippen molar-refractivity contribution in [1.29, 1.82) is 0 Å². The SMILES string of the molecule is Cc1cc2c(NCCN3CCCC3)n[nH]c2cc1Br. The van der Waals surface area contributed by atoms with Crippen molar-refractivity contribution in [3.05, 3.63) is 22.2 Å². The molecule has 1 aromatic heterocycles. The topological polar surface area (TPSA) is 44.0 Å². The third kappa shape index (κ3) is 2.77. The van der Waals surface area contributed by atoms with E-state index in [4.69, 9.17) is 0 Å². The number of benzene rings is 1. The summed E-state index contributed by atoms with van der Waals surface area (Å²) in [5.41, 5.74) is 2.30. The van der Waals surface area contributed by atoms with Crippen LogP contribution in [-0.2, 0) is 0 Å². The first-order valence-corrected chi connectivity index (χ1v) is 7.64. The molecule has 0 radical (unpaired) electrons. The van der Waals surface area contributed by atoms with Gasteiger partial charge < -0.3 is 10.2 Å². The van der Waals surface area contributed by atoms with Crippen molar-refractivity contribution in [2.24, 2.45) is 0 Å². The van der Waals surface area contributed by atoms with Crippen LogP contribution in [0.5, 0.6) is 0 Å². The zero-order valence-corrected chi connectivity index (χ0v) is 12.8. The number of aromatic amines is 1. The molecule has 2 heterocycles. The van der Waals surface area contributed by atoms with Gasteiger partial charge in [-0.25, -0.2) is 0 Å². The Morgan fingerprint density at radius 2 is 2.16 bits per heavy atom. The zero-order chi connectivity index (χ0) is 13.2. The molecule has 19 heavy (non-hydrogen) atoms. The molecule has 0 unspecified atom stereocenters. The standard InChI is InChI=1S/C14H19BrN4/c1-10-8-11-13(9-12(10)15)17-18-14(11)16-4-7-19-5-2-3-6-19/h8-9H,2-7H2,1H3,(H2,16,17,18). The number of nitrogens with one attached hydrogen (secondary N) is 2. The Morgan fingerprint density at radius 1 is 1.37 bits per heavy atom. The summed E-state index contributed by atoms with van der Waals surface area (Å²) in [6.45, 7) is 6.65. The maximum absolute atomic E-state index is 4.37. The second kappa shape index (κ2) is 5.51. The predicted molar refractivity (Wildman–Crippen MR) is 82.7 cm³/mol. The number of fused-ring (bicyclic) bond motifs is 1. The van der Waals surface area contributed by atoms with Crippen molar-refractivity contribution < 1.29 is 0 Å². The van der Waals surface area contributed by atoms with Gasteiger partial charge >= 0.3 is 0 Å². The number of nitrogens with zero attached hydrogens (tertiary/aromatic N) is 2. The van der Waals surface area contributed by atoms with E-state index in [9.17, 15) is 0 Å². The molecule has 0 aliphatic carbocycles. The van der Waals surface area contributed by atoms with E-state index in [1.165, 1.54) is 36.9 Å². The van der Waals surface area contributed by atoms with Crippen LogP contribution in [0, 0.1) is 6.92 Å². The Kier molecular flexibility index (Phi) is 3.75. The van der Waals surface area contributed by atoms with E-state index in [2.05, 4.69) is 55.4 Å². The first kappa shape index (κ1) is 12.9. The van der Waals surface area contributed by atoms with Crippen LogP contribution < -0.4 is 5.32 Å². The number of rotatable bonds is 4. The maximum atomic E-state index is 4.37. The lowest BCUT2D eigenvalue weighted by Gasteiger charge is -2.14. The minimum absolute atomic E-state index is 0.953. The molecule has 0 amide bonds. The molecule has 0 spiro atoms. The van der Waals surface area contributed by atoms with Crippen LogP contribution >= 0.6 is 15.9 Å². The first-order valence-electron chi connectivity index (χ1n) is 6.84. The maximum Gasteiger partial charge on any atom is 0.155 e. The second-order valence-electron chi connectivity index (χ2n) is 5.19. The fourth-order valence-electron chi connectivity index (χ4n) is 2.62. The van der Waals surface area contributed by atoms with Crippen LogP contribution in [0.4, 0.5) is 5.82 Å². The number of hydrogen-bond donors (Lipinski definition) is 2. The highest BCUT2D eigenvalue weighted by Crippen LogP contribution is 2.26. The molecule has 5 heteroatoms. The van der Waals surface area contributed by atoms with Crippen molar-refractivity contribution in [2.75, 3.05) is 31.5 Å². The lowest BCUT2D eigenvalue weighted by atomic mass is 10.2. The third-order valence-corrected chi connectivity index (χ3v) is 4.62. The number of anilines is 1. The Balaban J connectivity index is 1.68. The van der Waals surface area contributed by atoms with Gasteiger partial charge in [-0.05, 0) is 50.6 Å². The van der Waals surface area contributed by atoms with Crippen molar-refractivity contribution in [1.82, 2.24) is 15.1 Å². The Hall–Kier alpha value is -1.07. The highest BCUT2D eigenvalue weighted by molar-refractivity contribution is 9.10. The average Bonchev–Trinajstić information content (AvgIpc) is 3.02. The monoisotopic (exact) mass is 322 g/mol. The summed E-state index contributed by atoms with van der Waals surface area (Å²) in [7, 11) is 0. The minimum atomic E-state index is 0.953. The molecule has 1 fully saturated rings. The molecule has 0 bridgehead atoms. The number of H-pyrrole nitrogens is 1. The summed E-state index contributed by atoms with van der Waals surface area (Å²) in [5.74, 6) is 0.963. The Morgan fingerprint density at radius 3 is 2.95 bits per heavy atom. The van der Waals surface area contributed by atoms with Gasteiger partial charge in [0.2, 0.25) is 0 Å². The van der Waals surface area contributed by atoms with E-state index >= 15 is 0 Å². The van der Waals surface area contributed by atoms with Gasteiger partial charge in [0.05, 0.1) is 5.52 Å². The average molecular weight is 323 g/mol. The fourth-order valence-corrected chi connectivity index (χ4v) is 2.96. The molecule has 4 nitrogen and oxygen atoms in total. The molecule has 102 valence electrons. The van der Waals surface area contributed by atoms with E-state index in [0.29, 0.717) is 0 Å². The molecular weight excluding hydrogens is 304 g/mol. The largest absolute Gasteiger partial charge is 0.367 e. The number of aryl methyl sites for hydroxylation is 1. The summed E-state index contributed by atoms with van der Waals surface area (Å²) < 4.78 is 1.12. The smallest absolute Gasteiger partial charge is 0.155 e. The molecule has 0 saturated carbocycles. The van der Waals surface area contributed by atoms with E-state index in [1.54, 1.807) is 0 Å². The van der Waals surface area contributed by atoms with Crippen LogP contribution in [-0.4, -0.2) is 41.3 Å². The van der Waals surface area contributed by atoms with E-state index < -0.39 is 0 Å². The molecule has 2 aromatic rings. The summed E-state index contributed by atoms with van der Waals surface area (Å²) in [6, 6.07) is 4.25. The van der Waals surface area contributed by atoms with Crippen LogP contribution in [0.3, 0.4) is 0 Å². The van der Waals surface area contributed by atoms with Crippen LogP contribution in [0.25, 0.3) is 10.9 Å². The summed E-state index contributed by atoms with van der Waals surface area (Å²) in [4.78, 5) is 2.50. The number of likely N-dealkylation sites (tertiary alicyclic amines) is 1. The summed E-state index contributed by atoms with van der Waals surface area (Å²) in [5, 5.41) is 12.1. The van der Waals surface area contributed by atoms with E-state index in [0.717, 1.165) is 28.9 Å². The van der Waals surface area contributed by atoms with Crippen molar-refractivity contribution >= 4 is 32.7 Å². The molecule has 1 aliphatic rings. The molecule has 0 atom stereocenters. The van der Waals surface area contributed by atoms with Crippen molar-refractivity contribution in [3.63, 3.8) is 0 Å². The molecule has 1 saturated heterocycles. The minimum Gasteiger partial charge on any atom is -0.367 e. The molecular formula is C14H19BrN4. The molecule has 1 aliphatic heterocycles. The van der Waals surface area contributed by atoms with Gasteiger partial charge in [0, 0.05) is 22.9 Å². The molecule has 2 N–H and O–H groups in total. The number of halogens is 1. The van der Waals surface area contributed by atoms with Gasteiger partial charge in [-0.15, -0.1) is 0 Å². The zero-order valence-electron chi connectivity index (χ0n) is 11.2. The highest BCUT2D eigenvalue weighted by atomic mass is 79.9. The number of aromatic nitrogens is 2. The van der Waals surface area contributed by atoms with Crippen LogP contribution in [0.15, 0.2) is 16.6 Å². The second-order valence-corrected chi connectivity index (χ2v) is 6.05. The van der Waals surface area contributed by atoms with E-state index in [1.807, 2.05) is 0 Å². The van der Waals surface area contributed by atoms with Gasteiger partial charge in [-0.1, -0.05) is 15.9 Å². The summed E-state index contributed by atoms with van der Waals surface area (Å²) in [6.07, 6.45) is 2.69. The van der Waals surface area contributed by atoms with Crippen LogP contribution in [0.2, 0.25) is 0 Å². The van der Waals surface area contributed by atoms with Gasteiger partial charge in [0.25, 0.3) is 0 Å². The van der Waals surface area contributed by atoms with Crippen molar-refractivity contribution in [3.8, 4) is 0 Å². The predicted octanol–water partition coefficient (Wildman–Crippen LogP) is 3.14. The van der Waals surface area contributed by atoms with Gasteiger partial charge in [-0.3, -0.25) is 5.10 Å². The lowest BCUT2D eigenvalue weighted by molar-refractivity contribution is 0.352. The lowest BCUT2D eigenvalue weighted by Crippen LogP contribution is -2.26. The molecule has 1 aromatic carbocycles. The van der Waals surface area contributed by atoms with Gasteiger partial charge in [0.1, 0.15) is 0 Å². The Bertz CT molecular complexity index is 572. The Labute approximate surface area is 121 Å². The summed E-state index contributed by atoms with van der Waals surface area (Å²) >= 11 is 3.55. The highest BCUT2D eigenvalue weighted by Gasteiger charge is 2.11. The quantitative estimate of drug-likeness (QED) is 0.908. The van der Waals surface area contributed by atoms with Crippen molar-refractivity contribution in [2.45, 2.75) is 19.8 Å². The normalized spacial score (nSPS) is 16.3. The first-order chi connectivity index (χ1) is 9.24. The van der Waals surface area contributed by atoms with Gasteiger partial charge in [0.15, 0.2) is 5.82 Å². The third-order valence-electron chi connectivity index (χ3n) is 3.76.